The van der Waals surface area contributed by atoms with Gasteiger partial charge in [-0.1, -0.05) is 48.5 Å². The Kier molecular flexibility index (Phi) is 5.19. The number of hydrogen-bond donors (Lipinski definition) is 2. The molecule has 0 aliphatic rings. The first-order chi connectivity index (χ1) is 11.3. The number of aliphatic hydroxyl groups excluding tert-OH is 1. The molecule has 23 heavy (non-hydrogen) atoms. The number of hydrogen-bond acceptors (Lipinski definition) is 3. The molecule has 118 valence electrons. The average Bonchev–Trinajstić information content (AvgIpc) is 3.05. The summed E-state index contributed by atoms with van der Waals surface area (Å²) in [5.74, 6) is 0. The van der Waals surface area contributed by atoms with Crippen LogP contribution in [0.15, 0.2) is 73.1 Å². The minimum atomic E-state index is -0.387. The van der Waals surface area contributed by atoms with Crippen LogP contribution in [-0.2, 0) is 13.0 Å². The van der Waals surface area contributed by atoms with Crippen LogP contribution in [0.4, 0.5) is 0 Å². The van der Waals surface area contributed by atoms with Gasteiger partial charge in [-0.2, -0.15) is 5.10 Å². The fraction of sp³-hybridized carbons (Fsp3) is 0.211. The second-order valence-electron chi connectivity index (χ2n) is 5.60. The second-order valence-corrected chi connectivity index (χ2v) is 5.60. The number of nitrogens with zero attached hydrogens (tertiary/aromatic N) is 2. The highest BCUT2D eigenvalue weighted by Gasteiger charge is 2.06. The first-order valence-electron chi connectivity index (χ1n) is 7.83. The number of nitrogens with one attached hydrogen (secondary N) is 1. The molecule has 0 radical (unpaired) electrons. The van der Waals surface area contributed by atoms with Gasteiger partial charge in [0, 0.05) is 24.8 Å². The lowest BCUT2D eigenvalue weighted by Crippen LogP contribution is -2.27. The van der Waals surface area contributed by atoms with E-state index in [1.165, 1.54) is 0 Å². The van der Waals surface area contributed by atoms with E-state index in [1.54, 1.807) is 0 Å². The predicted molar refractivity (Wildman–Crippen MR) is 91.4 cm³/mol. The summed E-state index contributed by atoms with van der Waals surface area (Å²) in [5.41, 5.74) is 3.29. The lowest BCUT2D eigenvalue weighted by atomic mass is 10.1. The van der Waals surface area contributed by atoms with E-state index >= 15 is 0 Å². The van der Waals surface area contributed by atoms with Gasteiger partial charge in [0.2, 0.25) is 0 Å². The second kappa shape index (κ2) is 7.72. The molecule has 0 saturated heterocycles. The smallest absolute Gasteiger partial charge is 0.0704 e. The minimum Gasteiger partial charge on any atom is -0.391 e. The van der Waals surface area contributed by atoms with Gasteiger partial charge in [0.15, 0.2) is 0 Å². The van der Waals surface area contributed by atoms with Gasteiger partial charge in [-0.05, 0) is 24.1 Å². The van der Waals surface area contributed by atoms with E-state index in [0.717, 1.165) is 16.8 Å². The fourth-order valence-corrected chi connectivity index (χ4v) is 2.51. The summed E-state index contributed by atoms with van der Waals surface area (Å²) < 4.78 is 1.86. The number of benzene rings is 2. The quantitative estimate of drug-likeness (QED) is 0.705. The molecular weight excluding hydrogens is 286 g/mol. The summed E-state index contributed by atoms with van der Waals surface area (Å²) in [4.78, 5) is 0. The highest BCUT2D eigenvalue weighted by atomic mass is 16.3. The maximum Gasteiger partial charge on any atom is 0.0704 e. The van der Waals surface area contributed by atoms with Gasteiger partial charge in [0.05, 0.1) is 18.0 Å². The molecule has 0 fully saturated rings. The normalized spacial score (nSPS) is 12.2. The summed E-state index contributed by atoms with van der Waals surface area (Å²) in [6.45, 7) is 1.25. The van der Waals surface area contributed by atoms with Crippen molar-refractivity contribution in [3.8, 4) is 5.69 Å². The van der Waals surface area contributed by atoms with Gasteiger partial charge >= 0.3 is 0 Å². The summed E-state index contributed by atoms with van der Waals surface area (Å²) in [6.07, 6.45) is 4.13. The zero-order valence-corrected chi connectivity index (χ0v) is 13.0. The molecule has 4 heteroatoms. The molecule has 1 aromatic heterocycles. The van der Waals surface area contributed by atoms with Crippen LogP contribution in [-0.4, -0.2) is 27.5 Å². The number of aromatic nitrogens is 2. The van der Waals surface area contributed by atoms with Crippen molar-refractivity contribution in [3.05, 3.63) is 84.2 Å². The van der Waals surface area contributed by atoms with Crippen molar-refractivity contribution in [1.82, 2.24) is 15.1 Å². The van der Waals surface area contributed by atoms with E-state index in [4.69, 9.17) is 0 Å². The van der Waals surface area contributed by atoms with Crippen LogP contribution in [0.25, 0.3) is 5.69 Å². The van der Waals surface area contributed by atoms with Gasteiger partial charge in [-0.15, -0.1) is 0 Å². The Morgan fingerprint density at radius 3 is 2.39 bits per heavy atom. The van der Waals surface area contributed by atoms with Crippen LogP contribution < -0.4 is 5.32 Å². The molecule has 3 aromatic rings. The van der Waals surface area contributed by atoms with Crippen LogP contribution in [0.2, 0.25) is 0 Å². The lowest BCUT2D eigenvalue weighted by Gasteiger charge is -2.11. The Hall–Kier alpha value is -2.43. The zero-order chi connectivity index (χ0) is 15.9. The Labute approximate surface area is 136 Å². The van der Waals surface area contributed by atoms with Crippen molar-refractivity contribution in [2.24, 2.45) is 0 Å². The molecule has 1 atom stereocenters. The van der Waals surface area contributed by atoms with Crippen LogP contribution in [0, 0.1) is 0 Å². The molecule has 0 amide bonds. The Morgan fingerprint density at radius 2 is 1.65 bits per heavy atom. The first kappa shape index (κ1) is 15.5. The number of rotatable bonds is 7. The third kappa shape index (κ3) is 4.52. The largest absolute Gasteiger partial charge is 0.391 e. The maximum atomic E-state index is 10.1. The van der Waals surface area contributed by atoms with Gasteiger partial charge in [-0.25, -0.2) is 4.68 Å². The van der Waals surface area contributed by atoms with Crippen LogP contribution in [0.3, 0.4) is 0 Å². The molecule has 1 heterocycles. The van der Waals surface area contributed by atoms with Crippen molar-refractivity contribution >= 4 is 0 Å². The molecule has 0 bridgehead atoms. The van der Waals surface area contributed by atoms with Crippen molar-refractivity contribution < 1.29 is 5.11 Å². The third-order valence-electron chi connectivity index (χ3n) is 3.68. The zero-order valence-electron chi connectivity index (χ0n) is 13.0. The van der Waals surface area contributed by atoms with Crippen molar-refractivity contribution in [1.29, 1.82) is 0 Å². The molecule has 3 rings (SSSR count). The Bertz CT molecular complexity index is 710. The minimum absolute atomic E-state index is 0.387. The molecule has 0 spiro atoms. The van der Waals surface area contributed by atoms with E-state index in [2.05, 4.69) is 10.4 Å². The molecule has 4 nitrogen and oxygen atoms in total. The average molecular weight is 307 g/mol. The van der Waals surface area contributed by atoms with E-state index in [0.29, 0.717) is 19.5 Å². The molecule has 2 N–H and O–H groups in total. The first-order valence-corrected chi connectivity index (χ1v) is 7.83. The highest BCUT2D eigenvalue weighted by molar-refractivity contribution is 5.30. The van der Waals surface area contributed by atoms with Gasteiger partial charge < -0.3 is 10.4 Å². The standard InChI is InChI=1S/C19H21N3O/c23-19(11-16-7-3-1-4-8-16)14-20-12-17-13-21-22(15-17)18-9-5-2-6-10-18/h1-10,13,15,19-20,23H,11-12,14H2. The molecule has 2 aromatic carbocycles. The third-order valence-corrected chi connectivity index (χ3v) is 3.68. The van der Waals surface area contributed by atoms with Crippen molar-refractivity contribution in [3.63, 3.8) is 0 Å². The van der Waals surface area contributed by atoms with Crippen molar-refractivity contribution in [2.75, 3.05) is 6.54 Å². The van der Waals surface area contributed by atoms with E-state index in [9.17, 15) is 5.11 Å². The van der Waals surface area contributed by atoms with E-state index in [1.807, 2.05) is 77.7 Å². The van der Waals surface area contributed by atoms with Crippen molar-refractivity contribution in [2.45, 2.75) is 19.1 Å². The maximum absolute atomic E-state index is 10.1. The summed E-state index contributed by atoms with van der Waals surface area (Å²) in [6, 6.07) is 20.1. The molecular formula is C19H21N3O. The van der Waals surface area contributed by atoms with Gasteiger partial charge in [0.1, 0.15) is 0 Å². The van der Waals surface area contributed by atoms with Gasteiger partial charge in [0.25, 0.3) is 0 Å². The highest BCUT2D eigenvalue weighted by Crippen LogP contribution is 2.07. The monoisotopic (exact) mass is 307 g/mol. The Morgan fingerprint density at radius 1 is 0.957 bits per heavy atom. The van der Waals surface area contributed by atoms with Crippen LogP contribution >= 0.6 is 0 Å². The molecule has 0 aliphatic heterocycles. The van der Waals surface area contributed by atoms with Crippen LogP contribution in [0.5, 0.6) is 0 Å². The number of aliphatic hydroxyl groups is 1. The topological polar surface area (TPSA) is 50.1 Å². The number of para-hydroxylation sites is 1. The van der Waals surface area contributed by atoms with E-state index in [-0.39, 0.29) is 6.10 Å². The van der Waals surface area contributed by atoms with Crippen LogP contribution in [0.1, 0.15) is 11.1 Å². The molecule has 0 saturated carbocycles. The SMILES string of the molecule is OC(CNCc1cnn(-c2ccccc2)c1)Cc1ccccc1. The van der Waals surface area contributed by atoms with Gasteiger partial charge in [-0.3, -0.25) is 0 Å². The molecule has 1 unspecified atom stereocenters. The summed E-state index contributed by atoms with van der Waals surface area (Å²) in [5, 5.41) is 17.7. The van der Waals surface area contributed by atoms with E-state index < -0.39 is 0 Å². The summed E-state index contributed by atoms with van der Waals surface area (Å²) in [7, 11) is 0. The predicted octanol–water partition coefficient (Wildman–Crippen LogP) is 2.57. The Balaban J connectivity index is 1.47. The lowest BCUT2D eigenvalue weighted by molar-refractivity contribution is 0.171. The fourth-order valence-electron chi connectivity index (χ4n) is 2.51. The summed E-state index contributed by atoms with van der Waals surface area (Å²) >= 11 is 0. The molecule has 0 aliphatic carbocycles.